The zero-order valence-corrected chi connectivity index (χ0v) is 15.9. The van der Waals surface area contributed by atoms with Crippen LogP contribution in [0.5, 0.6) is 5.75 Å². The topological polar surface area (TPSA) is 62.2 Å². The number of nitrogens with one attached hydrogen (secondary N) is 1. The maximum Gasteiger partial charge on any atom is 0.237 e. The number of hydrogen-bond donors (Lipinski definition) is 2. The lowest BCUT2D eigenvalue weighted by Crippen LogP contribution is -2.24. The molecule has 0 saturated carbocycles. The van der Waals surface area contributed by atoms with E-state index in [1.165, 1.54) is 11.8 Å². The van der Waals surface area contributed by atoms with E-state index >= 15 is 0 Å². The highest BCUT2D eigenvalue weighted by Crippen LogP contribution is 2.30. The Morgan fingerprint density at radius 1 is 1.15 bits per heavy atom. The quantitative estimate of drug-likeness (QED) is 0.489. The van der Waals surface area contributed by atoms with E-state index in [2.05, 4.69) is 31.3 Å². The first kappa shape index (κ1) is 18.3. The molecule has 1 amide bonds. The van der Waals surface area contributed by atoms with E-state index in [0.29, 0.717) is 12.1 Å². The smallest absolute Gasteiger partial charge is 0.237 e. The van der Waals surface area contributed by atoms with Crippen molar-refractivity contribution in [3.63, 3.8) is 0 Å². The first-order valence-electron chi connectivity index (χ1n) is 8.61. The number of hydrogen-bond acceptors (Lipinski definition) is 4. The maximum absolute atomic E-state index is 12.6. The Morgan fingerprint density at radius 3 is 2.58 bits per heavy atom. The van der Waals surface area contributed by atoms with Crippen LogP contribution in [0.1, 0.15) is 24.5 Å². The molecule has 3 aromatic rings. The van der Waals surface area contributed by atoms with Crippen LogP contribution in [-0.2, 0) is 4.79 Å². The molecule has 4 nitrogen and oxygen atoms in total. The second-order valence-electron chi connectivity index (χ2n) is 6.30. The molecular formula is C21H22N2O2S. The third-order valence-corrected chi connectivity index (χ3v) is 5.57. The Morgan fingerprint density at radius 2 is 1.88 bits per heavy atom. The molecule has 0 spiro atoms. The van der Waals surface area contributed by atoms with Gasteiger partial charge in [0.25, 0.3) is 0 Å². The number of rotatable bonds is 5. The third-order valence-electron chi connectivity index (χ3n) is 4.29. The number of fused-ring (bicyclic) bond motifs is 1. The molecule has 1 atom stereocenters. The van der Waals surface area contributed by atoms with Gasteiger partial charge in [-0.15, -0.1) is 0 Å². The van der Waals surface area contributed by atoms with Crippen LogP contribution in [0.25, 0.3) is 10.9 Å². The predicted molar refractivity (Wildman–Crippen MR) is 108 cm³/mol. The Balaban J connectivity index is 1.81. The fourth-order valence-corrected chi connectivity index (χ4v) is 3.84. The fourth-order valence-electron chi connectivity index (χ4n) is 2.83. The zero-order valence-electron chi connectivity index (χ0n) is 15.1. The van der Waals surface area contributed by atoms with Crippen molar-refractivity contribution < 1.29 is 9.90 Å². The Bertz CT molecular complexity index is 939. The first-order chi connectivity index (χ1) is 12.5. The Labute approximate surface area is 157 Å². The van der Waals surface area contributed by atoms with Crippen molar-refractivity contribution in [2.75, 3.05) is 5.32 Å². The summed E-state index contributed by atoms with van der Waals surface area (Å²) in [5, 5.41) is 14.0. The van der Waals surface area contributed by atoms with Gasteiger partial charge in [0.1, 0.15) is 5.75 Å². The molecule has 1 aromatic heterocycles. The second-order valence-corrected chi connectivity index (χ2v) is 7.52. The molecule has 1 unspecified atom stereocenters. The molecule has 134 valence electrons. The number of aromatic hydroxyl groups is 1. The molecule has 3 rings (SSSR count). The molecule has 0 saturated heterocycles. The number of thioether (sulfide) groups is 1. The number of pyridine rings is 1. The summed E-state index contributed by atoms with van der Waals surface area (Å²) in [4.78, 5) is 17.4. The number of phenolic OH excluding ortho intramolecular Hbond substituents is 1. The van der Waals surface area contributed by atoms with Gasteiger partial charge in [0, 0.05) is 11.1 Å². The summed E-state index contributed by atoms with van der Waals surface area (Å²) in [5.74, 6) is 0.114. The van der Waals surface area contributed by atoms with Crippen LogP contribution in [0, 0.1) is 13.8 Å². The Hall–Kier alpha value is -2.53. The summed E-state index contributed by atoms with van der Waals surface area (Å²) in [6.45, 7) is 6.12. The fraction of sp³-hybridized carbons (Fsp3) is 0.238. The molecule has 0 aliphatic rings. The van der Waals surface area contributed by atoms with Crippen molar-refractivity contribution in [2.24, 2.45) is 0 Å². The second kappa shape index (κ2) is 7.79. The van der Waals surface area contributed by atoms with Crippen molar-refractivity contribution in [3.05, 3.63) is 59.7 Å². The van der Waals surface area contributed by atoms with E-state index in [4.69, 9.17) is 4.98 Å². The van der Waals surface area contributed by atoms with E-state index in [1.54, 1.807) is 24.3 Å². The molecule has 0 aliphatic carbocycles. The minimum absolute atomic E-state index is 0.0625. The van der Waals surface area contributed by atoms with E-state index in [0.717, 1.165) is 27.1 Å². The van der Waals surface area contributed by atoms with Crippen molar-refractivity contribution in [2.45, 2.75) is 37.5 Å². The molecular weight excluding hydrogens is 344 g/mol. The highest BCUT2D eigenvalue weighted by molar-refractivity contribution is 8.00. The van der Waals surface area contributed by atoms with E-state index < -0.39 is 0 Å². The summed E-state index contributed by atoms with van der Waals surface area (Å²) >= 11 is 1.48. The summed E-state index contributed by atoms with van der Waals surface area (Å²) in [5.41, 5.74) is 3.96. The van der Waals surface area contributed by atoms with Crippen molar-refractivity contribution in [3.8, 4) is 5.75 Å². The van der Waals surface area contributed by atoms with Gasteiger partial charge in [0.2, 0.25) is 5.91 Å². The van der Waals surface area contributed by atoms with Gasteiger partial charge in [-0.3, -0.25) is 4.79 Å². The average Bonchev–Trinajstić information content (AvgIpc) is 2.62. The number of nitrogens with zero attached hydrogens (tertiary/aromatic N) is 1. The lowest BCUT2D eigenvalue weighted by Gasteiger charge is -2.15. The van der Waals surface area contributed by atoms with Crippen LogP contribution in [0.15, 0.2) is 53.6 Å². The summed E-state index contributed by atoms with van der Waals surface area (Å²) in [6, 6.07) is 14.7. The van der Waals surface area contributed by atoms with Crippen LogP contribution in [0.3, 0.4) is 0 Å². The summed E-state index contributed by atoms with van der Waals surface area (Å²) in [6.07, 6.45) is 0.696. The number of amides is 1. The van der Waals surface area contributed by atoms with Gasteiger partial charge in [0.05, 0.1) is 15.8 Å². The molecule has 1 heterocycles. The highest BCUT2D eigenvalue weighted by atomic mass is 32.2. The molecule has 0 bridgehead atoms. The minimum atomic E-state index is -0.239. The number of benzene rings is 2. The monoisotopic (exact) mass is 366 g/mol. The number of phenols is 1. The van der Waals surface area contributed by atoms with Crippen molar-refractivity contribution >= 4 is 34.3 Å². The molecule has 2 aromatic carbocycles. The standard InChI is InChI=1S/C21H22N2O2S/c1-4-18(21(25)22-15-8-10-16(24)11-9-15)26-19-12-14(3)17-7-5-6-13(2)20(17)23-19/h5-12,18,24H,4H2,1-3H3,(H,22,25). The van der Waals surface area contributed by atoms with E-state index in [9.17, 15) is 9.90 Å². The largest absolute Gasteiger partial charge is 0.508 e. The molecule has 26 heavy (non-hydrogen) atoms. The molecule has 5 heteroatoms. The highest BCUT2D eigenvalue weighted by Gasteiger charge is 2.19. The van der Waals surface area contributed by atoms with Crippen LogP contribution in [0.4, 0.5) is 5.69 Å². The Kier molecular flexibility index (Phi) is 5.47. The van der Waals surface area contributed by atoms with Gasteiger partial charge in [-0.05, 0) is 61.7 Å². The van der Waals surface area contributed by atoms with Gasteiger partial charge in [-0.2, -0.15) is 0 Å². The number of carbonyl (C=O) groups excluding carboxylic acids is 1. The van der Waals surface area contributed by atoms with Gasteiger partial charge in [-0.1, -0.05) is 36.9 Å². The van der Waals surface area contributed by atoms with Crippen LogP contribution in [0.2, 0.25) is 0 Å². The summed E-state index contributed by atoms with van der Waals surface area (Å²) < 4.78 is 0. The van der Waals surface area contributed by atoms with Crippen LogP contribution in [-0.4, -0.2) is 21.2 Å². The van der Waals surface area contributed by atoms with Crippen molar-refractivity contribution in [1.29, 1.82) is 0 Å². The third kappa shape index (κ3) is 3.99. The number of aryl methyl sites for hydroxylation is 2. The van der Waals surface area contributed by atoms with Gasteiger partial charge in [-0.25, -0.2) is 4.98 Å². The van der Waals surface area contributed by atoms with Gasteiger partial charge in [0.15, 0.2) is 0 Å². The molecule has 0 radical (unpaired) electrons. The predicted octanol–water partition coefficient (Wildman–Crippen LogP) is 5.07. The number of carbonyl (C=O) groups is 1. The number of para-hydroxylation sites is 1. The normalized spacial score (nSPS) is 12.1. The van der Waals surface area contributed by atoms with Crippen LogP contribution >= 0.6 is 11.8 Å². The minimum Gasteiger partial charge on any atom is -0.508 e. The maximum atomic E-state index is 12.6. The van der Waals surface area contributed by atoms with Gasteiger partial charge < -0.3 is 10.4 Å². The molecule has 0 aliphatic heterocycles. The number of anilines is 1. The average molecular weight is 366 g/mol. The lowest BCUT2D eigenvalue weighted by atomic mass is 10.1. The lowest BCUT2D eigenvalue weighted by molar-refractivity contribution is -0.115. The molecule has 2 N–H and O–H groups in total. The van der Waals surface area contributed by atoms with Crippen LogP contribution < -0.4 is 5.32 Å². The zero-order chi connectivity index (χ0) is 18.7. The summed E-state index contributed by atoms with van der Waals surface area (Å²) in [7, 11) is 0. The van der Waals surface area contributed by atoms with Crippen molar-refractivity contribution in [1.82, 2.24) is 4.98 Å². The van der Waals surface area contributed by atoms with E-state index in [1.807, 2.05) is 19.1 Å². The first-order valence-corrected chi connectivity index (χ1v) is 9.49. The van der Waals surface area contributed by atoms with Gasteiger partial charge >= 0.3 is 0 Å². The number of aromatic nitrogens is 1. The SMILES string of the molecule is CCC(Sc1cc(C)c2cccc(C)c2n1)C(=O)Nc1ccc(O)cc1. The van der Waals surface area contributed by atoms with E-state index in [-0.39, 0.29) is 16.9 Å². The molecule has 0 fully saturated rings.